The topological polar surface area (TPSA) is 51.0 Å². The number of hydrogen-bond donors (Lipinski definition) is 0. The van der Waals surface area contributed by atoms with Crippen molar-refractivity contribution in [1.29, 1.82) is 0 Å². The first kappa shape index (κ1) is 19.2. The molecule has 1 amide bonds. The summed E-state index contributed by atoms with van der Waals surface area (Å²) in [6, 6.07) is 12.2. The third-order valence-corrected chi connectivity index (χ3v) is 5.22. The van der Waals surface area contributed by atoms with Crippen molar-refractivity contribution in [2.75, 3.05) is 19.3 Å². The molecule has 2 heterocycles. The standard InChI is InChI=1S/C21H24N4OS/c1-16-12-17(2)14-19(13-16)25-11-9-23-21(25)27-15-20(26)24(3)10-7-18-6-4-5-8-22-18/h4-6,8-9,11-14H,7,10,15H2,1-3H3. The molecule has 6 heteroatoms. The van der Waals surface area contributed by atoms with Gasteiger partial charge in [-0.2, -0.15) is 0 Å². The maximum atomic E-state index is 12.5. The molecular weight excluding hydrogens is 356 g/mol. The normalized spacial score (nSPS) is 10.8. The van der Waals surface area contributed by atoms with Gasteiger partial charge in [0, 0.05) is 50.0 Å². The second-order valence-electron chi connectivity index (χ2n) is 6.60. The first-order valence-corrected chi connectivity index (χ1v) is 9.90. The van der Waals surface area contributed by atoms with E-state index >= 15 is 0 Å². The lowest BCUT2D eigenvalue weighted by molar-refractivity contribution is -0.127. The van der Waals surface area contributed by atoms with Gasteiger partial charge in [-0.3, -0.25) is 14.3 Å². The van der Waals surface area contributed by atoms with Gasteiger partial charge in [-0.25, -0.2) is 4.98 Å². The number of amides is 1. The summed E-state index contributed by atoms with van der Waals surface area (Å²) in [4.78, 5) is 22.9. The minimum absolute atomic E-state index is 0.0888. The molecule has 3 aromatic rings. The van der Waals surface area contributed by atoms with Gasteiger partial charge >= 0.3 is 0 Å². The Morgan fingerprint density at radius 2 is 1.89 bits per heavy atom. The Kier molecular flexibility index (Phi) is 6.29. The Balaban J connectivity index is 1.58. The summed E-state index contributed by atoms with van der Waals surface area (Å²) in [6.45, 7) is 4.82. The minimum atomic E-state index is 0.0888. The van der Waals surface area contributed by atoms with E-state index in [4.69, 9.17) is 0 Å². The van der Waals surface area contributed by atoms with Crippen LogP contribution in [0.3, 0.4) is 0 Å². The highest BCUT2D eigenvalue weighted by Crippen LogP contribution is 2.22. The maximum Gasteiger partial charge on any atom is 0.232 e. The van der Waals surface area contributed by atoms with Crippen LogP contribution in [0.4, 0.5) is 0 Å². The molecule has 0 N–H and O–H groups in total. The fourth-order valence-electron chi connectivity index (χ4n) is 2.87. The monoisotopic (exact) mass is 380 g/mol. The molecule has 0 fully saturated rings. The van der Waals surface area contributed by atoms with E-state index in [1.54, 1.807) is 17.3 Å². The second kappa shape index (κ2) is 8.86. The van der Waals surface area contributed by atoms with Crippen LogP contribution < -0.4 is 0 Å². The Labute approximate surface area is 164 Å². The molecule has 0 atom stereocenters. The van der Waals surface area contributed by atoms with Gasteiger partial charge in [0.15, 0.2) is 5.16 Å². The molecule has 2 aromatic heterocycles. The van der Waals surface area contributed by atoms with E-state index in [1.807, 2.05) is 36.0 Å². The average Bonchev–Trinajstić information content (AvgIpc) is 3.13. The lowest BCUT2D eigenvalue weighted by Gasteiger charge is -2.17. The molecule has 0 aliphatic rings. The fraction of sp³-hybridized carbons (Fsp3) is 0.286. The van der Waals surface area contributed by atoms with Crippen molar-refractivity contribution in [3.05, 3.63) is 71.8 Å². The summed E-state index contributed by atoms with van der Waals surface area (Å²) in [5.41, 5.74) is 4.48. The number of benzene rings is 1. The van der Waals surface area contributed by atoms with Gasteiger partial charge in [-0.15, -0.1) is 0 Å². The van der Waals surface area contributed by atoms with Gasteiger partial charge < -0.3 is 4.90 Å². The quantitative estimate of drug-likeness (QED) is 0.587. The molecule has 0 aliphatic carbocycles. The number of imidazole rings is 1. The molecule has 0 unspecified atom stereocenters. The van der Waals surface area contributed by atoms with Gasteiger partial charge in [0.25, 0.3) is 0 Å². The lowest BCUT2D eigenvalue weighted by atomic mass is 10.1. The molecule has 0 bridgehead atoms. The fourth-order valence-corrected chi connectivity index (χ4v) is 3.79. The number of carbonyl (C=O) groups excluding carboxylic acids is 1. The molecule has 1 aromatic carbocycles. The number of likely N-dealkylation sites (N-methyl/N-ethyl adjacent to an activating group) is 1. The average molecular weight is 381 g/mol. The first-order chi connectivity index (χ1) is 13.0. The number of hydrogen-bond acceptors (Lipinski definition) is 4. The van der Waals surface area contributed by atoms with Crippen molar-refractivity contribution in [3.8, 4) is 5.69 Å². The molecule has 5 nitrogen and oxygen atoms in total. The predicted molar refractivity (Wildman–Crippen MR) is 109 cm³/mol. The molecule has 140 valence electrons. The number of carbonyl (C=O) groups is 1. The van der Waals surface area contributed by atoms with E-state index in [2.05, 4.69) is 42.0 Å². The van der Waals surface area contributed by atoms with Crippen LogP contribution in [0, 0.1) is 13.8 Å². The number of aryl methyl sites for hydroxylation is 2. The van der Waals surface area contributed by atoms with Crippen LogP contribution >= 0.6 is 11.8 Å². The smallest absolute Gasteiger partial charge is 0.232 e. The molecular formula is C21H24N4OS. The van der Waals surface area contributed by atoms with E-state index < -0.39 is 0 Å². The van der Waals surface area contributed by atoms with Crippen molar-refractivity contribution in [1.82, 2.24) is 19.4 Å². The maximum absolute atomic E-state index is 12.5. The Bertz CT molecular complexity index is 887. The summed E-state index contributed by atoms with van der Waals surface area (Å²) in [5, 5.41) is 0.825. The Morgan fingerprint density at radius 3 is 2.59 bits per heavy atom. The second-order valence-corrected chi connectivity index (χ2v) is 7.54. The number of aromatic nitrogens is 3. The molecule has 0 saturated carbocycles. The first-order valence-electron chi connectivity index (χ1n) is 8.91. The highest BCUT2D eigenvalue weighted by Gasteiger charge is 2.13. The molecule has 0 saturated heterocycles. The van der Waals surface area contributed by atoms with Gasteiger partial charge in [0.2, 0.25) is 5.91 Å². The Hall–Kier alpha value is -2.60. The molecule has 27 heavy (non-hydrogen) atoms. The van der Waals surface area contributed by atoms with Crippen LogP contribution in [0.25, 0.3) is 5.69 Å². The van der Waals surface area contributed by atoms with Crippen LogP contribution in [0.5, 0.6) is 0 Å². The number of pyridine rings is 1. The Morgan fingerprint density at radius 1 is 1.11 bits per heavy atom. The lowest BCUT2D eigenvalue weighted by Crippen LogP contribution is -2.30. The summed E-state index contributed by atoms with van der Waals surface area (Å²) >= 11 is 1.46. The van der Waals surface area contributed by atoms with Crippen molar-refractivity contribution in [3.63, 3.8) is 0 Å². The van der Waals surface area contributed by atoms with E-state index in [9.17, 15) is 4.79 Å². The van der Waals surface area contributed by atoms with Crippen molar-refractivity contribution in [2.24, 2.45) is 0 Å². The SMILES string of the molecule is Cc1cc(C)cc(-n2ccnc2SCC(=O)N(C)CCc2ccccn2)c1. The van der Waals surface area contributed by atoms with Crippen molar-refractivity contribution in [2.45, 2.75) is 25.4 Å². The van der Waals surface area contributed by atoms with E-state index in [0.717, 1.165) is 23.0 Å². The van der Waals surface area contributed by atoms with Gasteiger partial charge in [-0.1, -0.05) is 23.9 Å². The summed E-state index contributed by atoms with van der Waals surface area (Å²) < 4.78 is 2.03. The number of rotatable bonds is 7. The zero-order valence-corrected chi connectivity index (χ0v) is 16.7. The molecule has 0 spiro atoms. The highest BCUT2D eigenvalue weighted by molar-refractivity contribution is 7.99. The van der Waals surface area contributed by atoms with Gasteiger partial charge in [-0.05, 0) is 49.2 Å². The van der Waals surface area contributed by atoms with E-state index in [1.165, 1.54) is 22.9 Å². The van der Waals surface area contributed by atoms with Crippen LogP contribution in [-0.4, -0.2) is 44.7 Å². The van der Waals surface area contributed by atoms with Gasteiger partial charge in [0.1, 0.15) is 0 Å². The summed E-state index contributed by atoms with van der Waals surface area (Å²) in [7, 11) is 1.84. The number of nitrogens with zero attached hydrogens (tertiary/aromatic N) is 4. The minimum Gasteiger partial charge on any atom is -0.345 e. The van der Waals surface area contributed by atoms with Crippen LogP contribution in [0.15, 0.2) is 60.1 Å². The summed E-state index contributed by atoms with van der Waals surface area (Å²) in [5.74, 6) is 0.450. The molecule has 0 radical (unpaired) electrons. The highest BCUT2D eigenvalue weighted by atomic mass is 32.2. The van der Waals surface area contributed by atoms with Crippen LogP contribution in [0.1, 0.15) is 16.8 Å². The zero-order chi connectivity index (χ0) is 19.2. The third kappa shape index (κ3) is 5.20. The van der Waals surface area contributed by atoms with Crippen LogP contribution in [0.2, 0.25) is 0 Å². The third-order valence-electron chi connectivity index (χ3n) is 4.27. The van der Waals surface area contributed by atoms with Gasteiger partial charge in [0.05, 0.1) is 5.75 Å². The number of thioether (sulfide) groups is 1. The van der Waals surface area contributed by atoms with Crippen molar-refractivity contribution >= 4 is 17.7 Å². The molecule has 0 aliphatic heterocycles. The summed E-state index contributed by atoms with van der Waals surface area (Å²) in [6.07, 6.45) is 6.24. The van der Waals surface area contributed by atoms with E-state index in [-0.39, 0.29) is 5.91 Å². The van der Waals surface area contributed by atoms with E-state index in [0.29, 0.717) is 12.3 Å². The predicted octanol–water partition coefficient (Wildman–Crippen LogP) is 3.68. The zero-order valence-electron chi connectivity index (χ0n) is 15.9. The largest absolute Gasteiger partial charge is 0.345 e. The molecule has 3 rings (SSSR count). The van der Waals surface area contributed by atoms with Crippen molar-refractivity contribution < 1.29 is 4.79 Å². The van der Waals surface area contributed by atoms with Crippen LogP contribution in [-0.2, 0) is 11.2 Å².